The number of nitrogens with zero attached hydrogens (tertiary/aromatic N) is 1. The van der Waals surface area contributed by atoms with Crippen molar-refractivity contribution in [3.63, 3.8) is 0 Å². The third-order valence-corrected chi connectivity index (χ3v) is 1.81. The predicted molar refractivity (Wildman–Crippen MR) is 43.6 cm³/mol. The number of aliphatic carboxylic acids is 1. The molecule has 0 aromatic rings. The molecule has 1 atom stereocenters. The van der Waals surface area contributed by atoms with E-state index in [9.17, 15) is 4.79 Å². The van der Waals surface area contributed by atoms with Gasteiger partial charge >= 0.3 is 5.97 Å². The zero-order valence-electron chi connectivity index (χ0n) is 5.91. The van der Waals surface area contributed by atoms with Crippen molar-refractivity contribution >= 4 is 23.0 Å². The molecule has 0 saturated carbocycles. The third kappa shape index (κ3) is 1.95. The number of carboxylic acids is 1. The Hall–Kier alpha value is -0.0900. The van der Waals surface area contributed by atoms with Gasteiger partial charge < -0.3 is 5.11 Å². The molecule has 0 unspecified atom stereocenters. The van der Waals surface area contributed by atoms with E-state index in [-0.39, 0.29) is 23.0 Å². The highest BCUT2D eigenvalue weighted by Gasteiger charge is 2.26. The van der Waals surface area contributed by atoms with Crippen LogP contribution in [0.5, 0.6) is 0 Å². The van der Waals surface area contributed by atoms with E-state index in [0.717, 1.165) is 19.4 Å². The molecule has 0 bridgehead atoms. The Morgan fingerprint density at radius 3 is 2.50 bits per heavy atom. The quantitative estimate of drug-likeness (QED) is 0.693. The molecule has 60 valence electrons. The fourth-order valence-electron chi connectivity index (χ4n) is 1.22. The first kappa shape index (κ1) is 9.91. The fourth-order valence-corrected chi connectivity index (χ4v) is 1.22. The number of hydrogen-bond acceptors (Lipinski definition) is 2. The van der Waals surface area contributed by atoms with Crippen molar-refractivity contribution < 1.29 is 9.90 Å². The van der Waals surface area contributed by atoms with E-state index in [1.165, 1.54) is 0 Å². The van der Waals surface area contributed by atoms with Crippen LogP contribution in [0.3, 0.4) is 0 Å². The van der Waals surface area contributed by atoms with Gasteiger partial charge in [-0.15, -0.1) is 17.0 Å². The molecular weight excluding hydrogens is 198 g/mol. The second kappa shape index (κ2) is 3.93. The van der Waals surface area contributed by atoms with E-state index in [2.05, 4.69) is 0 Å². The maximum Gasteiger partial charge on any atom is 0.320 e. The van der Waals surface area contributed by atoms with Gasteiger partial charge in [-0.2, -0.15) is 0 Å². The monoisotopic (exact) mass is 209 g/mol. The summed E-state index contributed by atoms with van der Waals surface area (Å²) in [5, 5.41) is 8.54. The van der Waals surface area contributed by atoms with Crippen LogP contribution >= 0.6 is 17.0 Å². The number of carboxylic acid groups (broad SMARTS) is 1. The molecule has 0 radical (unpaired) electrons. The van der Waals surface area contributed by atoms with Crippen molar-refractivity contribution in [3.05, 3.63) is 0 Å². The van der Waals surface area contributed by atoms with Gasteiger partial charge in [0.1, 0.15) is 6.04 Å². The molecule has 10 heavy (non-hydrogen) atoms. The van der Waals surface area contributed by atoms with E-state index in [0.29, 0.717) is 0 Å². The summed E-state index contributed by atoms with van der Waals surface area (Å²) >= 11 is 0. The van der Waals surface area contributed by atoms with Crippen LogP contribution in [0.4, 0.5) is 0 Å². The lowest BCUT2D eigenvalue weighted by Gasteiger charge is -2.13. The minimum absolute atomic E-state index is 0. The summed E-state index contributed by atoms with van der Waals surface area (Å²) in [5.74, 6) is -0.685. The molecule has 0 amide bonds. The maximum absolute atomic E-state index is 10.4. The second-order valence-electron chi connectivity index (χ2n) is 2.48. The average Bonchev–Trinajstić information content (AvgIpc) is 2.13. The molecule has 1 heterocycles. The third-order valence-electron chi connectivity index (χ3n) is 1.81. The lowest BCUT2D eigenvalue weighted by Crippen LogP contribution is -2.32. The van der Waals surface area contributed by atoms with Gasteiger partial charge in [-0.05, 0) is 26.4 Å². The van der Waals surface area contributed by atoms with E-state index in [1.807, 2.05) is 11.9 Å². The number of likely N-dealkylation sites (N-methyl/N-ethyl adjacent to an activating group) is 1. The fraction of sp³-hybridized carbons (Fsp3) is 0.833. The Bertz CT molecular complexity index is 129. The van der Waals surface area contributed by atoms with Crippen LogP contribution in [0.15, 0.2) is 0 Å². The van der Waals surface area contributed by atoms with E-state index in [4.69, 9.17) is 5.11 Å². The van der Waals surface area contributed by atoms with Crippen LogP contribution in [0, 0.1) is 0 Å². The number of hydrogen-bond donors (Lipinski definition) is 1. The van der Waals surface area contributed by atoms with Gasteiger partial charge in [-0.25, -0.2) is 0 Å². The molecule has 1 aliphatic rings. The summed E-state index contributed by atoms with van der Waals surface area (Å²) in [6.07, 6.45) is 1.83. The highest BCUT2D eigenvalue weighted by atomic mass is 79.9. The first-order valence-corrected chi connectivity index (χ1v) is 3.15. The molecule has 0 aromatic carbocycles. The van der Waals surface area contributed by atoms with Crippen molar-refractivity contribution in [2.75, 3.05) is 13.6 Å². The van der Waals surface area contributed by atoms with E-state index in [1.54, 1.807) is 0 Å². The number of halogens is 1. The van der Waals surface area contributed by atoms with Gasteiger partial charge in [0.2, 0.25) is 0 Å². The molecule has 1 fully saturated rings. The number of rotatable bonds is 1. The predicted octanol–water partition coefficient (Wildman–Crippen LogP) is 0.743. The summed E-state index contributed by atoms with van der Waals surface area (Å²) in [4.78, 5) is 12.2. The van der Waals surface area contributed by atoms with Crippen molar-refractivity contribution in [2.45, 2.75) is 18.9 Å². The maximum atomic E-state index is 10.4. The van der Waals surface area contributed by atoms with Gasteiger partial charge in [0.25, 0.3) is 0 Å². The summed E-state index contributed by atoms with van der Waals surface area (Å²) in [5.41, 5.74) is 0. The van der Waals surface area contributed by atoms with Gasteiger partial charge in [0.05, 0.1) is 0 Å². The number of carbonyl (C=O) groups is 1. The summed E-state index contributed by atoms with van der Waals surface area (Å²) in [6.45, 7) is 0.928. The zero-order valence-corrected chi connectivity index (χ0v) is 7.62. The molecule has 3 nitrogen and oxygen atoms in total. The molecule has 4 heteroatoms. The lowest BCUT2D eigenvalue weighted by atomic mass is 10.2. The van der Waals surface area contributed by atoms with Crippen LogP contribution in [-0.2, 0) is 4.79 Å². The van der Waals surface area contributed by atoms with Crippen LogP contribution in [0.25, 0.3) is 0 Å². The topological polar surface area (TPSA) is 40.5 Å². The molecule has 1 N–H and O–H groups in total. The molecule has 1 saturated heterocycles. The van der Waals surface area contributed by atoms with E-state index < -0.39 is 5.97 Å². The average molecular weight is 210 g/mol. The van der Waals surface area contributed by atoms with Crippen molar-refractivity contribution in [2.24, 2.45) is 0 Å². The van der Waals surface area contributed by atoms with Crippen molar-refractivity contribution in [1.29, 1.82) is 0 Å². The minimum Gasteiger partial charge on any atom is -0.480 e. The Labute approximate surface area is 70.8 Å². The van der Waals surface area contributed by atoms with Crippen LogP contribution in [0.2, 0.25) is 0 Å². The smallest absolute Gasteiger partial charge is 0.320 e. The van der Waals surface area contributed by atoms with Crippen LogP contribution in [0.1, 0.15) is 12.8 Å². The van der Waals surface area contributed by atoms with Gasteiger partial charge in [0, 0.05) is 0 Å². The van der Waals surface area contributed by atoms with Gasteiger partial charge in [0.15, 0.2) is 0 Å². The first-order valence-electron chi connectivity index (χ1n) is 3.15. The van der Waals surface area contributed by atoms with Crippen molar-refractivity contribution in [3.8, 4) is 0 Å². The summed E-state index contributed by atoms with van der Waals surface area (Å²) < 4.78 is 0. The van der Waals surface area contributed by atoms with Crippen LogP contribution in [-0.4, -0.2) is 35.6 Å². The number of likely N-dealkylation sites (tertiary alicyclic amines) is 1. The van der Waals surface area contributed by atoms with Gasteiger partial charge in [-0.1, -0.05) is 0 Å². The molecule has 0 aliphatic carbocycles. The normalized spacial score (nSPS) is 25.9. The lowest BCUT2D eigenvalue weighted by molar-refractivity contribution is -0.141. The van der Waals surface area contributed by atoms with Crippen LogP contribution < -0.4 is 0 Å². The Morgan fingerprint density at radius 2 is 2.30 bits per heavy atom. The Kier molecular flexibility index (Phi) is 3.89. The first-order chi connectivity index (χ1) is 4.22. The van der Waals surface area contributed by atoms with E-state index >= 15 is 0 Å². The zero-order chi connectivity index (χ0) is 6.85. The molecule has 0 spiro atoms. The molecule has 1 rings (SSSR count). The Balaban J connectivity index is 0.000000810. The highest BCUT2D eigenvalue weighted by molar-refractivity contribution is 8.93. The molecule has 1 aliphatic heterocycles. The van der Waals surface area contributed by atoms with Crippen molar-refractivity contribution in [1.82, 2.24) is 4.90 Å². The second-order valence-corrected chi connectivity index (χ2v) is 2.48. The largest absolute Gasteiger partial charge is 0.480 e. The standard InChI is InChI=1S/C6H11NO2.BrH/c1-7-4-2-3-5(7)6(8)9;/h5H,2-4H2,1H3,(H,8,9);1H/t5-;/m0./s1. The van der Waals surface area contributed by atoms with Gasteiger partial charge in [-0.3, -0.25) is 9.69 Å². The highest BCUT2D eigenvalue weighted by Crippen LogP contribution is 2.13. The molecule has 0 aromatic heterocycles. The minimum atomic E-state index is -0.685. The Morgan fingerprint density at radius 1 is 1.70 bits per heavy atom. The SMILES string of the molecule is Br.CN1CCC[C@H]1C(=O)O. The summed E-state index contributed by atoms with van der Waals surface area (Å²) in [6, 6.07) is -0.218. The summed E-state index contributed by atoms with van der Waals surface area (Å²) in [7, 11) is 1.85. The molecular formula is C6H12BrNO2.